The molecule has 1 amide bonds. The molecule has 0 saturated heterocycles. The van der Waals surface area contributed by atoms with Crippen LogP contribution in [-0.4, -0.2) is 109 Å². The maximum Gasteiger partial charge on any atom is 0.219 e. The molecule has 4 unspecified atom stereocenters. The number of carbonyl (C=O) groups is 1. The van der Waals surface area contributed by atoms with Crippen molar-refractivity contribution in [2.24, 2.45) is 0 Å². The van der Waals surface area contributed by atoms with Gasteiger partial charge < -0.3 is 34.8 Å². The second-order valence-electron chi connectivity index (χ2n) is 6.08. The summed E-state index contributed by atoms with van der Waals surface area (Å²) < 4.78 is 34.7. The maximum absolute atomic E-state index is 11.6. The average molecular weight is 388 g/mol. The molecule has 0 saturated carbocycles. The van der Waals surface area contributed by atoms with E-state index in [0.29, 0.717) is 13.0 Å². The van der Waals surface area contributed by atoms with Crippen molar-refractivity contribution in [1.82, 2.24) is 4.90 Å². The highest BCUT2D eigenvalue weighted by atomic mass is 32.3. The number of aliphatic hydroxyl groups is 4. The molecule has 5 N–H and O–H groups in total. The van der Waals surface area contributed by atoms with Gasteiger partial charge in [-0.2, -0.15) is 0 Å². The van der Waals surface area contributed by atoms with E-state index in [2.05, 4.69) is 4.18 Å². The van der Waals surface area contributed by atoms with Crippen molar-refractivity contribution >= 4 is 16.3 Å². The van der Waals surface area contributed by atoms with Gasteiger partial charge in [-0.25, -0.2) is 8.42 Å². The summed E-state index contributed by atoms with van der Waals surface area (Å²) in [4.78, 5) is 14.1. The van der Waals surface area contributed by atoms with E-state index in [1.54, 1.807) is 0 Å². The average Bonchev–Trinajstić information content (AvgIpc) is 2.48. The fourth-order valence-corrected chi connectivity index (χ4v) is 2.35. The van der Waals surface area contributed by atoms with E-state index in [1.165, 1.54) is 16.7 Å². The fourth-order valence-electron chi connectivity index (χ4n) is 2.04. The lowest BCUT2D eigenvalue weighted by molar-refractivity contribution is -0.858. The third-order valence-corrected chi connectivity index (χ3v) is 3.90. The highest BCUT2D eigenvalue weighted by Gasteiger charge is 2.32. The molecule has 0 rings (SSSR count). The zero-order valence-corrected chi connectivity index (χ0v) is 15.3. The van der Waals surface area contributed by atoms with Crippen LogP contribution in [0.4, 0.5) is 0 Å². The Labute approximate surface area is 147 Å². The number of rotatable bonds is 12. The van der Waals surface area contributed by atoms with Gasteiger partial charge in [0.05, 0.1) is 27.2 Å². The van der Waals surface area contributed by atoms with Crippen LogP contribution in [-0.2, 0) is 19.4 Å². The Kier molecular flexibility index (Phi) is 10.6. The van der Waals surface area contributed by atoms with E-state index in [0.717, 1.165) is 6.54 Å². The Hall–Kier alpha value is -0.860. The molecule has 0 fully saturated rings. The minimum Gasteiger partial charge on any atom is -0.726 e. The Morgan fingerprint density at radius 1 is 1.16 bits per heavy atom. The van der Waals surface area contributed by atoms with Crippen LogP contribution in [0.15, 0.2) is 0 Å². The lowest BCUT2D eigenvalue weighted by atomic mass is 10.0. The quantitative estimate of drug-likeness (QED) is 0.163. The summed E-state index contributed by atoms with van der Waals surface area (Å²) in [6.07, 6.45) is -6.71. The highest BCUT2D eigenvalue weighted by Crippen LogP contribution is 2.09. The SMILES string of the molecule is CC(=O)N(CCC[NH+](C)C)CC(O)C(O)C(O)C(O)COS(=O)(=O)[O-]. The molecule has 0 aromatic rings. The monoisotopic (exact) mass is 388 g/mol. The van der Waals surface area contributed by atoms with Gasteiger partial charge in [0.2, 0.25) is 16.3 Å². The fraction of sp³-hybridized carbons (Fsp3) is 0.923. The molecule has 11 nitrogen and oxygen atoms in total. The van der Waals surface area contributed by atoms with Gasteiger partial charge in [-0.1, -0.05) is 0 Å². The van der Waals surface area contributed by atoms with Crippen LogP contribution in [0.1, 0.15) is 13.3 Å². The topological polar surface area (TPSA) is 172 Å². The molecule has 0 aromatic carbocycles. The first-order chi connectivity index (χ1) is 11.3. The molecule has 0 heterocycles. The lowest BCUT2D eigenvalue weighted by Crippen LogP contribution is -3.05. The number of hydrogen-bond acceptors (Lipinski definition) is 9. The van der Waals surface area contributed by atoms with E-state index < -0.39 is 41.4 Å². The van der Waals surface area contributed by atoms with Crippen LogP contribution in [0, 0.1) is 0 Å². The maximum atomic E-state index is 11.6. The number of amides is 1. The predicted octanol–water partition coefficient (Wildman–Crippen LogP) is -4.71. The molecule has 4 atom stereocenters. The number of quaternary nitrogens is 1. The van der Waals surface area contributed by atoms with Gasteiger partial charge in [0.1, 0.15) is 24.4 Å². The molecular formula is C13H28N2O9S. The van der Waals surface area contributed by atoms with Crippen LogP contribution in [0.5, 0.6) is 0 Å². The molecule has 0 aromatic heterocycles. The van der Waals surface area contributed by atoms with Crippen LogP contribution in [0.2, 0.25) is 0 Å². The number of aliphatic hydroxyl groups excluding tert-OH is 4. The smallest absolute Gasteiger partial charge is 0.219 e. The van der Waals surface area contributed by atoms with Crippen molar-refractivity contribution in [3.8, 4) is 0 Å². The minimum absolute atomic E-state index is 0.288. The van der Waals surface area contributed by atoms with Gasteiger partial charge in [0, 0.05) is 26.4 Å². The first kappa shape index (κ1) is 24.1. The third kappa shape index (κ3) is 10.7. The summed E-state index contributed by atoms with van der Waals surface area (Å²) in [5.74, 6) is -0.337. The molecule has 0 aliphatic heterocycles. The third-order valence-electron chi connectivity index (χ3n) is 3.48. The Morgan fingerprint density at radius 3 is 2.12 bits per heavy atom. The van der Waals surface area contributed by atoms with E-state index in [1.807, 2.05) is 14.1 Å². The number of carbonyl (C=O) groups excluding carboxylic acids is 1. The minimum atomic E-state index is -5.07. The lowest BCUT2D eigenvalue weighted by Gasteiger charge is -2.30. The van der Waals surface area contributed by atoms with Crippen LogP contribution in [0.25, 0.3) is 0 Å². The van der Waals surface area contributed by atoms with Gasteiger partial charge >= 0.3 is 0 Å². The molecule has 0 spiro atoms. The highest BCUT2D eigenvalue weighted by molar-refractivity contribution is 7.80. The number of nitrogens with one attached hydrogen (secondary N) is 1. The zero-order valence-electron chi connectivity index (χ0n) is 14.5. The summed E-state index contributed by atoms with van der Waals surface area (Å²) in [5.41, 5.74) is 0. The molecule has 0 radical (unpaired) electrons. The van der Waals surface area contributed by atoms with Crippen molar-refractivity contribution < 1.29 is 47.3 Å². The summed E-state index contributed by atoms with van der Waals surface area (Å²) in [6.45, 7) is 1.05. The second kappa shape index (κ2) is 11.0. The normalized spacial score (nSPS) is 17.2. The van der Waals surface area contributed by atoms with Crippen molar-refractivity contribution in [2.75, 3.05) is 40.3 Å². The van der Waals surface area contributed by atoms with Crippen LogP contribution >= 0.6 is 0 Å². The first-order valence-electron chi connectivity index (χ1n) is 7.72. The van der Waals surface area contributed by atoms with E-state index in [4.69, 9.17) is 0 Å². The van der Waals surface area contributed by atoms with Crippen molar-refractivity contribution in [2.45, 2.75) is 37.8 Å². The van der Waals surface area contributed by atoms with Crippen LogP contribution in [0.3, 0.4) is 0 Å². The van der Waals surface area contributed by atoms with Crippen molar-refractivity contribution in [1.29, 1.82) is 0 Å². The number of hydrogen-bond donors (Lipinski definition) is 5. The molecule has 0 bridgehead atoms. The van der Waals surface area contributed by atoms with Gasteiger partial charge in [-0.15, -0.1) is 0 Å². The summed E-state index contributed by atoms with van der Waals surface area (Å²) in [6, 6.07) is 0. The second-order valence-corrected chi connectivity index (χ2v) is 7.14. The zero-order chi connectivity index (χ0) is 19.8. The summed E-state index contributed by atoms with van der Waals surface area (Å²) in [7, 11) is -1.18. The Morgan fingerprint density at radius 2 is 1.68 bits per heavy atom. The van der Waals surface area contributed by atoms with E-state index in [-0.39, 0.29) is 12.5 Å². The van der Waals surface area contributed by atoms with Gasteiger partial charge in [-0.05, 0) is 0 Å². The van der Waals surface area contributed by atoms with Crippen molar-refractivity contribution in [3.05, 3.63) is 0 Å². The van der Waals surface area contributed by atoms with E-state index >= 15 is 0 Å². The first-order valence-corrected chi connectivity index (χ1v) is 9.05. The Balaban J connectivity index is 4.61. The molecular weight excluding hydrogens is 360 g/mol. The molecule has 25 heavy (non-hydrogen) atoms. The molecule has 0 aliphatic rings. The van der Waals surface area contributed by atoms with Crippen LogP contribution < -0.4 is 4.90 Å². The molecule has 150 valence electrons. The summed E-state index contributed by atoms with van der Waals surface area (Å²) >= 11 is 0. The van der Waals surface area contributed by atoms with Crippen molar-refractivity contribution in [3.63, 3.8) is 0 Å². The van der Waals surface area contributed by atoms with E-state index in [9.17, 15) is 38.2 Å². The largest absolute Gasteiger partial charge is 0.726 e. The van der Waals surface area contributed by atoms with Gasteiger partial charge in [0.25, 0.3) is 0 Å². The van der Waals surface area contributed by atoms with Gasteiger partial charge in [0.15, 0.2) is 0 Å². The van der Waals surface area contributed by atoms with Gasteiger partial charge in [-0.3, -0.25) is 8.98 Å². The Bertz CT molecular complexity index is 500. The molecule has 12 heteroatoms. The number of nitrogens with zero attached hydrogens (tertiary/aromatic N) is 1. The predicted molar refractivity (Wildman–Crippen MR) is 84.2 cm³/mol. The standard InChI is InChI=1S/C13H28N2O9S/c1-9(16)15(6-4-5-14(2)3)7-10(17)12(19)13(20)11(18)8-24-25(21,22)23/h10-13,17-20H,4-8H2,1-3H3,(H,21,22,23). The molecule has 0 aliphatic carbocycles. The summed E-state index contributed by atoms with van der Waals surface area (Å²) in [5, 5.41) is 39.0.